The normalized spacial score (nSPS) is 8.42. The van der Waals surface area contributed by atoms with Crippen molar-refractivity contribution >= 4 is 0 Å². The van der Waals surface area contributed by atoms with E-state index < -0.39 is 0 Å². The van der Waals surface area contributed by atoms with Crippen molar-refractivity contribution < 1.29 is 0 Å². The van der Waals surface area contributed by atoms with Crippen LogP contribution in [0.4, 0.5) is 0 Å². The van der Waals surface area contributed by atoms with Crippen LogP contribution in [0.3, 0.4) is 0 Å². The molecule has 0 unspecified atom stereocenters. The van der Waals surface area contributed by atoms with E-state index in [2.05, 4.69) is 38.8 Å². The first-order valence-electron chi connectivity index (χ1n) is 4.14. The summed E-state index contributed by atoms with van der Waals surface area (Å²) in [6, 6.07) is 0. The molecule has 12 heavy (non-hydrogen) atoms. The van der Waals surface area contributed by atoms with Gasteiger partial charge in [-0.2, -0.15) is 0 Å². The summed E-state index contributed by atoms with van der Waals surface area (Å²) in [6.45, 7) is 13.2. The Labute approximate surface area is 76.7 Å². The third-order valence-electron chi connectivity index (χ3n) is 0.787. The number of hydrogen-bond acceptors (Lipinski definition) is 0. The highest BCUT2D eigenvalue weighted by atomic mass is 13.8. The molecule has 0 rings (SSSR count). The molecule has 0 aliphatic rings. The Morgan fingerprint density at radius 3 is 2.08 bits per heavy atom. The third-order valence-corrected chi connectivity index (χ3v) is 0.787. The Bertz CT molecular complexity index is 196. The van der Waals surface area contributed by atoms with Crippen LogP contribution in [0.15, 0.2) is 37.0 Å². The summed E-state index contributed by atoms with van der Waals surface area (Å²) in [6.07, 6.45) is 6.48. The summed E-state index contributed by atoms with van der Waals surface area (Å²) in [7, 11) is 0. The highest BCUT2D eigenvalue weighted by Gasteiger charge is 1.75. The van der Waals surface area contributed by atoms with Crippen molar-refractivity contribution in [2.75, 3.05) is 0 Å². The molecule has 0 aliphatic heterocycles. The van der Waals surface area contributed by atoms with Gasteiger partial charge in [-0.1, -0.05) is 51.5 Å². The minimum atomic E-state index is 0.910. The maximum atomic E-state index is 3.58. The van der Waals surface area contributed by atoms with E-state index in [1.54, 1.807) is 19.1 Å². The van der Waals surface area contributed by atoms with E-state index in [0.717, 1.165) is 5.57 Å². The molecule has 0 amide bonds. The second kappa shape index (κ2) is 12.5. The molecule has 0 N–H and O–H groups in total. The van der Waals surface area contributed by atoms with Gasteiger partial charge in [-0.3, -0.25) is 0 Å². The Kier molecular flexibility index (Phi) is 13.9. The molecule has 0 heterocycles. The molecule has 0 aliphatic carbocycles. The van der Waals surface area contributed by atoms with Gasteiger partial charge in [0.05, 0.1) is 0 Å². The van der Waals surface area contributed by atoms with Crippen LogP contribution in [0, 0.1) is 11.8 Å². The molecule has 0 bridgehead atoms. The van der Waals surface area contributed by atoms with Crippen LogP contribution in [0.1, 0.15) is 27.2 Å². The maximum Gasteiger partial charge on any atom is 0.0239 e. The van der Waals surface area contributed by atoms with Crippen molar-refractivity contribution in [3.8, 4) is 11.8 Å². The Morgan fingerprint density at radius 1 is 1.33 bits per heavy atom. The fraction of sp³-hybridized carbons (Fsp3) is 0.333. The molecule has 0 aromatic heterocycles. The average molecular weight is 162 g/mol. The predicted molar refractivity (Wildman–Crippen MR) is 57.9 cm³/mol. The Balaban J connectivity index is 0. The molecule has 0 radical (unpaired) electrons. The lowest BCUT2D eigenvalue weighted by Crippen LogP contribution is -1.66. The lowest BCUT2D eigenvalue weighted by molar-refractivity contribution is 1.09. The minimum absolute atomic E-state index is 0.910. The topological polar surface area (TPSA) is 0 Å². The predicted octanol–water partition coefficient (Wildman–Crippen LogP) is 3.72. The van der Waals surface area contributed by atoms with Crippen molar-refractivity contribution in [3.05, 3.63) is 37.0 Å². The van der Waals surface area contributed by atoms with Crippen LogP contribution in [-0.4, -0.2) is 0 Å². The van der Waals surface area contributed by atoms with Gasteiger partial charge in [0.15, 0.2) is 0 Å². The Morgan fingerprint density at radius 2 is 1.83 bits per heavy atom. The zero-order valence-corrected chi connectivity index (χ0v) is 8.35. The molecule has 0 saturated heterocycles. The van der Waals surface area contributed by atoms with E-state index in [-0.39, 0.29) is 0 Å². The molecule has 0 saturated carbocycles. The monoisotopic (exact) mass is 162 g/mol. The lowest BCUT2D eigenvalue weighted by Gasteiger charge is -1.81. The molecule has 0 aromatic rings. The van der Waals surface area contributed by atoms with E-state index >= 15 is 0 Å². The van der Waals surface area contributed by atoms with Crippen molar-refractivity contribution in [2.45, 2.75) is 27.2 Å². The summed E-state index contributed by atoms with van der Waals surface area (Å²) < 4.78 is 0. The quantitative estimate of drug-likeness (QED) is 0.429. The van der Waals surface area contributed by atoms with E-state index in [0.29, 0.717) is 0 Å². The van der Waals surface area contributed by atoms with Gasteiger partial charge in [0, 0.05) is 5.57 Å². The summed E-state index contributed by atoms with van der Waals surface area (Å²) in [5.74, 6) is 5.62. The van der Waals surface area contributed by atoms with Crippen molar-refractivity contribution in [3.63, 3.8) is 0 Å². The van der Waals surface area contributed by atoms with Crippen LogP contribution in [0.5, 0.6) is 0 Å². The lowest BCUT2D eigenvalue weighted by atomic mass is 10.2. The molecule has 66 valence electrons. The first-order chi connectivity index (χ1) is 5.76. The zero-order chi connectivity index (χ0) is 9.82. The second-order valence-electron chi connectivity index (χ2n) is 2.14. The van der Waals surface area contributed by atoms with Crippen molar-refractivity contribution in [1.29, 1.82) is 0 Å². The Hall–Kier alpha value is -1.22. The zero-order valence-electron chi connectivity index (χ0n) is 8.35. The summed E-state index contributed by atoms with van der Waals surface area (Å²) in [4.78, 5) is 0. The first-order valence-corrected chi connectivity index (χ1v) is 4.14. The van der Waals surface area contributed by atoms with Crippen molar-refractivity contribution in [2.24, 2.45) is 0 Å². The molecule has 0 aromatic carbocycles. The number of hydrogen-bond donors (Lipinski definition) is 0. The summed E-state index contributed by atoms with van der Waals surface area (Å²) in [5.41, 5.74) is 0.910. The third kappa shape index (κ3) is 11.6. The SMILES string of the molecule is C=C/C=C(/C#CC)C=C.CCC. The van der Waals surface area contributed by atoms with E-state index in [4.69, 9.17) is 0 Å². The van der Waals surface area contributed by atoms with Crippen molar-refractivity contribution in [1.82, 2.24) is 0 Å². The van der Waals surface area contributed by atoms with Gasteiger partial charge in [0.1, 0.15) is 0 Å². The fourth-order valence-electron chi connectivity index (χ4n) is 0.432. The number of allylic oxidation sites excluding steroid dienone is 4. The van der Waals surface area contributed by atoms with Gasteiger partial charge in [-0.25, -0.2) is 0 Å². The van der Waals surface area contributed by atoms with Gasteiger partial charge in [0.2, 0.25) is 0 Å². The van der Waals surface area contributed by atoms with Gasteiger partial charge < -0.3 is 0 Å². The molecule has 0 nitrogen and oxygen atoms in total. The average Bonchev–Trinajstić information content (AvgIpc) is 2.05. The van der Waals surface area contributed by atoms with Gasteiger partial charge in [-0.15, -0.1) is 5.92 Å². The van der Waals surface area contributed by atoms with Crippen LogP contribution in [0.2, 0.25) is 0 Å². The smallest absolute Gasteiger partial charge is 0.0239 e. The summed E-state index contributed by atoms with van der Waals surface area (Å²) in [5, 5.41) is 0. The minimum Gasteiger partial charge on any atom is -0.101 e. The summed E-state index contributed by atoms with van der Waals surface area (Å²) >= 11 is 0. The van der Waals surface area contributed by atoms with E-state index in [1.807, 2.05) is 6.08 Å². The van der Waals surface area contributed by atoms with E-state index in [1.165, 1.54) is 6.42 Å². The van der Waals surface area contributed by atoms with Gasteiger partial charge >= 0.3 is 0 Å². The largest absolute Gasteiger partial charge is 0.101 e. The number of rotatable bonds is 2. The van der Waals surface area contributed by atoms with Crippen LogP contribution >= 0.6 is 0 Å². The highest BCUT2D eigenvalue weighted by Crippen LogP contribution is 1.91. The first kappa shape index (κ1) is 13.4. The van der Waals surface area contributed by atoms with E-state index in [9.17, 15) is 0 Å². The van der Waals surface area contributed by atoms with Crippen LogP contribution < -0.4 is 0 Å². The van der Waals surface area contributed by atoms with Crippen LogP contribution in [-0.2, 0) is 0 Å². The molecule has 0 fully saturated rings. The molecule has 0 spiro atoms. The second-order valence-corrected chi connectivity index (χ2v) is 2.14. The molecular weight excluding hydrogens is 144 g/mol. The van der Waals surface area contributed by atoms with Gasteiger partial charge in [-0.05, 0) is 13.0 Å². The molecular formula is C12H18. The molecule has 0 heteroatoms. The van der Waals surface area contributed by atoms with Crippen LogP contribution in [0.25, 0.3) is 0 Å². The standard InChI is InChI=1S/C9H10.C3H8/c1-4-7-9(6-3)8-5-2;1-3-2/h4,6-7H,1,3H2,2H3;3H2,1-2H3/b9-7+;. The highest BCUT2D eigenvalue weighted by molar-refractivity contribution is 5.38. The van der Waals surface area contributed by atoms with Gasteiger partial charge in [0.25, 0.3) is 0 Å². The fourth-order valence-corrected chi connectivity index (χ4v) is 0.432. The molecule has 0 atom stereocenters. The maximum absolute atomic E-state index is 3.58.